The molecule has 1 N–H and O–H groups in total. The predicted molar refractivity (Wildman–Crippen MR) is 221 cm³/mol. The lowest BCUT2D eigenvalue weighted by atomic mass is 10.1. The van der Waals surface area contributed by atoms with E-state index in [4.69, 9.17) is 16.6 Å². The van der Waals surface area contributed by atoms with E-state index in [1.165, 1.54) is 12.0 Å². The highest BCUT2D eigenvalue weighted by Gasteiger charge is 2.20. The van der Waals surface area contributed by atoms with E-state index in [1.54, 1.807) is 13.0 Å². The molecule has 3 heterocycles. The number of piperazine rings is 1. The molecule has 51 heavy (non-hydrogen) atoms. The first kappa shape index (κ1) is 42.3. The van der Waals surface area contributed by atoms with E-state index in [2.05, 4.69) is 105 Å². The fourth-order valence-corrected chi connectivity index (χ4v) is 5.16. The van der Waals surface area contributed by atoms with Gasteiger partial charge in [-0.15, -0.1) is 13.2 Å². The zero-order valence-electron chi connectivity index (χ0n) is 31.9. The number of halogens is 1. The fraction of sp³-hybridized carbons (Fsp3) is 0.326. The minimum absolute atomic E-state index is 0.145. The average molecular weight is 709 g/mol. The van der Waals surface area contributed by atoms with Crippen molar-refractivity contribution in [2.75, 3.05) is 43.4 Å². The Morgan fingerprint density at radius 1 is 0.882 bits per heavy atom. The molecule has 0 radical (unpaired) electrons. The fourth-order valence-electron chi connectivity index (χ4n) is 5.02. The van der Waals surface area contributed by atoms with Crippen molar-refractivity contribution in [1.29, 1.82) is 0 Å². The number of carbonyl (C=O) groups is 1. The van der Waals surface area contributed by atoms with Gasteiger partial charge in [-0.25, -0.2) is 4.98 Å². The molecule has 2 aromatic heterocycles. The van der Waals surface area contributed by atoms with Crippen LogP contribution < -0.4 is 10.2 Å². The van der Waals surface area contributed by atoms with Crippen LogP contribution in [0.15, 0.2) is 111 Å². The van der Waals surface area contributed by atoms with Crippen molar-refractivity contribution in [1.82, 2.24) is 19.5 Å². The molecule has 5 aromatic rings. The van der Waals surface area contributed by atoms with E-state index >= 15 is 0 Å². The van der Waals surface area contributed by atoms with Crippen LogP contribution in [0, 0.1) is 13.8 Å². The lowest BCUT2D eigenvalue weighted by Crippen LogP contribution is -2.48. The SMILES string of the molecule is C=CC.C=CCC.CCC.CNc1c(-c2ccc(C)cc2)cnc2c(-c3cccc(N4CCN(C(C)=O)CC4)c3)cnn12.Cc1ccccc1Cl. The normalized spacial score (nSPS) is 11.6. The largest absolute Gasteiger partial charge is 0.372 e. The van der Waals surface area contributed by atoms with Gasteiger partial charge in [0.05, 0.1) is 6.20 Å². The second-order valence-corrected chi connectivity index (χ2v) is 12.4. The molecule has 0 unspecified atom stereocenters. The number of aryl methyl sites for hydroxylation is 2. The van der Waals surface area contributed by atoms with Crippen LogP contribution in [0.4, 0.5) is 11.5 Å². The summed E-state index contributed by atoms with van der Waals surface area (Å²) in [5.74, 6) is 1.05. The predicted octanol–water partition coefficient (Wildman–Crippen LogP) is 10.9. The van der Waals surface area contributed by atoms with Gasteiger partial charge in [0.25, 0.3) is 0 Å². The first-order valence-corrected chi connectivity index (χ1v) is 18.1. The van der Waals surface area contributed by atoms with E-state index in [0.29, 0.717) is 0 Å². The highest BCUT2D eigenvalue weighted by Crippen LogP contribution is 2.33. The molecule has 3 aromatic carbocycles. The molecule has 1 saturated heterocycles. The van der Waals surface area contributed by atoms with Gasteiger partial charge in [-0.1, -0.05) is 111 Å². The summed E-state index contributed by atoms with van der Waals surface area (Å²) in [4.78, 5) is 20.7. The summed E-state index contributed by atoms with van der Waals surface area (Å²) in [5.41, 5.74) is 8.51. The first-order valence-electron chi connectivity index (χ1n) is 17.7. The Morgan fingerprint density at radius 3 is 2.00 bits per heavy atom. The van der Waals surface area contributed by atoms with Crippen molar-refractivity contribution >= 4 is 34.7 Å². The van der Waals surface area contributed by atoms with Gasteiger partial charge in [-0.3, -0.25) is 4.79 Å². The molecule has 0 spiro atoms. The second-order valence-electron chi connectivity index (χ2n) is 12.0. The van der Waals surface area contributed by atoms with Crippen LogP contribution in [0.2, 0.25) is 5.02 Å². The van der Waals surface area contributed by atoms with E-state index in [-0.39, 0.29) is 5.91 Å². The van der Waals surface area contributed by atoms with Gasteiger partial charge < -0.3 is 15.1 Å². The third-order valence-corrected chi connectivity index (χ3v) is 8.16. The van der Waals surface area contributed by atoms with Crippen molar-refractivity contribution in [3.63, 3.8) is 0 Å². The second kappa shape index (κ2) is 22.8. The lowest BCUT2D eigenvalue weighted by Gasteiger charge is -2.35. The minimum atomic E-state index is 0.145. The van der Waals surface area contributed by atoms with Gasteiger partial charge in [-0.05, 0) is 62.1 Å². The number of nitrogens with one attached hydrogen (secondary N) is 1. The highest BCUT2D eigenvalue weighted by atomic mass is 35.5. The molecular weight excluding hydrogens is 652 g/mol. The monoisotopic (exact) mass is 708 g/mol. The molecule has 6 rings (SSSR count). The summed E-state index contributed by atoms with van der Waals surface area (Å²) < 4.78 is 1.88. The number of benzene rings is 3. The standard InChI is InChI=1S/C26H28N6O.C7H7Cl.C4H8.C3H8.C3H6/c1-18-7-9-20(10-8-18)23-16-28-26-24(17-29-32(26)25(23)27-3)21-5-4-6-22(15-21)31-13-11-30(12-14-31)19(2)33;1-6-4-2-3-5-7(6)8;1-3-4-2;2*1-3-2/h4-10,15-17,27H,11-14H2,1-3H3;2-5H,1H3;3H,1,4H2,2H3;3H2,1-2H3;3H,1H2,2H3. The van der Waals surface area contributed by atoms with Crippen LogP contribution in [0.3, 0.4) is 0 Å². The number of amides is 1. The number of aromatic nitrogens is 3. The Morgan fingerprint density at radius 2 is 1.49 bits per heavy atom. The molecule has 1 aliphatic heterocycles. The van der Waals surface area contributed by atoms with Crippen LogP contribution in [0.1, 0.15) is 58.6 Å². The van der Waals surface area contributed by atoms with E-state index in [1.807, 2.05) is 73.0 Å². The van der Waals surface area contributed by atoms with Crippen LogP contribution in [0.5, 0.6) is 0 Å². The van der Waals surface area contributed by atoms with Crippen LogP contribution in [-0.2, 0) is 4.79 Å². The van der Waals surface area contributed by atoms with Gasteiger partial charge in [0, 0.05) is 68.2 Å². The number of rotatable bonds is 5. The average Bonchev–Trinajstić information content (AvgIpc) is 3.58. The molecule has 1 amide bonds. The van der Waals surface area contributed by atoms with Crippen molar-refractivity contribution in [3.8, 4) is 22.3 Å². The molecule has 0 saturated carbocycles. The summed E-state index contributed by atoms with van der Waals surface area (Å²) >= 11 is 5.71. The maximum absolute atomic E-state index is 11.6. The molecule has 0 bridgehead atoms. The number of nitrogens with zero attached hydrogens (tertiary/aromatic N) is 5. The van der Waals surface area contributed by atoms with Gasteiger partial charge in [0.1, 0.15) is 5.82 Å². The number of hydrogen-bond donors (Lipinski definition) is 1. The van der Waals surface area contributed by atoms with Crippen molar-refractivity contribution in [2.45, 2.75) is 61.3 Å². The van der Waals surface area contributed by atoms with E-state index in [9.17, 15) is 4.79 Å². The van der Waals surface area contributed by atoms with Crippen LogP contribution in [0.25, 0.3) is 27.9 Å². The van der Waals surface area contributed by atoms with Gasteiger partial charge in [0.2, 0.25) is 5.91 Å². The number of hydrogen-bond acceptors (Lipinski definition) is 5. The molecule has 1 fully saturated rings. The summed E-state index contributed by atoms with van der Waals surface area (Å²) in [6.45, 7) is 23.9. The summed E-state index contributed by atoms with van der Waals surface area (Å²) in [6, 6.07) is 24.7. The third-order valence-electron chi connectivity index (χ3n) is 7.74. The Bertz CT molecular complexity index is 1770. The Hall–Kier alpha value is -4.88. The number of anilines is 2. The zero-order valence-corrected chi connectivity index (χ0v) is 32.7. The van der Waals surface area contributed by atoms with Crippen molar-refractivity contribution < 1.29 is 4.79 Å². The Labute approximate surface area is 311 Å². The Balaban J connectivity index is 0.000000414. The number of allylic oxidation sites excluding steroid dienone is 2. The van der Waals surface area contributed by atoms with Crippen LogP contribution in [-0.4, -0.2) is 58.6 Å². The molecule has 272 valence electrons. The molecule has 1 aliphatic rings. The topological polar surface area (TPSA) is 65.8 Å². The highest BCUT2D eigenvalue weighted by molar-refractivity contribution is 6.31. The molecule has 0 atom stereocenters. The smallest absolute Gasteiger partial charge is 0.219 e. The first-order chi connectivity index (χ1) is 24.6. The summed E-state index contributed by atoms with van der Waals surface area (Å²) in [7, 11) is 1.91. The van der Waals surface area contributed by atoms with Gasteiger partial charge >= 0.3 is 0 Å². The number of fused-ring (bicyclic) bond motifs is 1. The van der Waals surface area contributed by atoms with Gasteiger partial charge in [-0.2, -0.15) is 9.61 Å². The lowest BCUT2D eigenvalue weighted by molar-refractivity contribution is -0.129. The van der Waals surface area contributed by atoms with Crippen molar-refractivity contribution in [3.05, 3.63) is 127 Å². The number of carbonyl (C=O) groups excluding carboxylic acids is 1. The van der Waals surface area contributed by atoms with Gasteiger partial charge in [0.15, 0.2) is 5.65 Å². The Kier molecular flexibility index (Phi) is 18.9. The van der Waals surface area contributed by atoms with E-state index < -0.39 is 0 Å². The van der Waals surface area contributed by atoms with E-state index in [0.717, 1.165) is 82.6 Å². The maximum atomic E-state index is 11.6. The minimum Gasteiger partial charge on any atom is -0.372 e. The zero-order chi connectivity index (χ0) is 37.8. The molecule has 7 nitrogen and oxygen atoms in total. The van der Waals surface area contributed by atoms with Crippen molar-refractivity contribution in [2.24, 2.45) is 0 Å². The summed E-state index contributed by atoms with van der Waals surface area (Å²) in [5, 5.41) is 8.83. The molecular formula is C43H57ClN6O. The summed E-state index contributed by atoms with van der Waals surface area (Å²) in [6.07, 6.45) is 9.76. The molecule has 8 heteroatoms. The van der Waals surface area contributed by atoms with Crippen LogP contribution >= 0.6 is 11.6 Å². The maximum Gasteiger partial charge on any atom is 0.219 e. The third kappa shape index (κ3) is 12.7. The quantitative estimate of drug-likeness (QED) is 0.184. The molecule has 0 aliphatic carbocycles.